The van der Waals surface area contributed by atoms with E-state index in [2.05, 4.69) is 22.5 Å². The Morgan fingerprint density at radius 2 is 2.10 bits per heavy atom. The lowest BCUT2D eigenvalue weighted by molar-refractivity contribution is 0.252. The third-order valence-electron chi connectivity index (χ3n) is 2.76. The molecule has 0 unspecified atom stereocenters. The van der Waals surface area contributed by atoms with Crippen molar-refractivity contribution in [2.75, 3.05) is 11.9 Å². The highest BCUT2D eigenvalue weighted by molar-refractivity contribution is 7.15. The van der Waals surface area contributed by atoms with Gasteiger partial charge in [-0.3, -0.25) is 5.32 Å². The van der Waals surface area contributed by atoms with E-state index in [0.717, 1.165) is 16.9 Å². The highest BCUT2D eigenvalue weighted by Gasteiger charge is 2.05. The highest BCUT2D eigenvalue weighted by Crippen LogP contribution is 2.17. The van der Waals surface area contributed by atoms with Crippen LogP contribution in [0.25, 0.3) is 0 Å². The summed E-state index contributed by atoms with van der Waals surface area (Å²) in [6.07, 6.45) is 3.41. The molecule has 0 saturated carbocycles. The Bertz CT molecular complexity index is 566. The summed E-state index contributed by atoms with van der Waals surface area (Å²) < 4.78 is 0. The Kier molecular flexibility index (Phi) is 4.95. The first kappa shape index (κ1) is 14.3. The summed E-state index contributed by atoms with van der Waals surface area (Å²) in [6.45, 7) is 2.58. The number of thiazole rings is 1. The van der Waals surface area contributed by atoms with Crippen molar-refractivity contribution in [2.24, 2.45) is 0 Å². The van der Waals surface area contributed by atoms with E-state index in [1.807, 2.05) is 12.1 Å². The third-order valence-corrected chi connectivity index (χ3v) is 3.82. The van der Waals surface area contributed by atoms with Crippen LogP contribution in [-0.4, -0.2) is 22.7 Å². The number of hydrogen-bond donors (Lipinski definition) is 3. The van der Waals surface area contributed by atoms with Crippen molar-refractivity contribution in [3.05, 3.63) is 40.9 Å². The Morgan fingerprint density at radius 3 is 2.75 bits per heavy atom. The number of nitrogens with zero attached hydrogens (tertiary/aromatic N) is 1. The third kappa shape index (κ3) is 4.24. The predicted octanol–water partition coefficient (Wildman–Crippen LogP) is 2.78. The molecule has 1 heterocycles. The highest BCUT2D eigenvalue weighted by atomic mass is 32.1. The number of amides is 2. The lowest BCUT2D eigenvalue weighted by Gasteiger charge is -2.05. The number of aryl methyl sites for hydroxylation is 1. The number of urea groups is 1. The minimum atomic E-state index is -0.249. The Balaban J connectivity index is 1.73. The molecule has 2 aromatic rings. The minimum Gasteiger partial charge on any atom is -0.508 e. The van der Waals surface area contributed by atoms with Gasteiger partial charge in [-0.1, -0.05) is 19.1 Å². The van der Waals surface area contributed by atoms with Crippen LogP contribution in [0.4, 0.5) is 9.93 Å². The van der Waals surface area contributed by atoms with Crippen LogP contribution in [0.1, 0.15) is 17.4 Å². The molecule has 3 N–H and O–H groups in total. The average molecular weight is 291 g/mol. The predicted molar refractivity (Wildman–Crippen MR) is 80.3 cm³/mol. The van der Waals surface area contributed by atoms with E-state index in [1.54, 1.807) is 18.3 Å². The maximum atomic E-state index is 11.7. The first-order valence-electron chi connectivity index (χ1n) is 6.45. The van der Waals surface area contributed by atoms with E-state index in [0.29, 0.717) is 18.1 Å². The number of benzene rings is 1. The zero-order valence-electron chi connectivity index (χ0n) is 11.2. The van der Waals surface area contributed by atoms with Crippen molar-refractivity contribution in [2.45, 2.75) is 19.8 Å². The number of aromatic nitrogens is 1. The molecule has 2 rings (SSSR count). The zero-order chi connectivity index (χ0) is 14.4. The van der Waals surface area contributed by atoms with Crippen LogP contribution < -0.4 is 10.6 Å². The molecule has 5 nitrogen and oxygen atoms in total. The molecule has 106 valence electrons. The van der Waals surface area contributed by atoms with E-state index in [9.17, 15) is 9.90 Å². The fourth-order valence-corrected chi connectivity index (χ4v) is 2.40. The Morgan fingerprint density at radius 1 is 1.35 bits per heavy atom. The number of carbonyl (C=O) groups excluding carboxylic acids is 1. The molecule has 6 heteroatoms. The van der Waals surface area contributed by atoms with E-state index in [-0.39, 0.29) is 11.8 Å². The molecular formula is C14H17N3O2S. The summed E-state index contributed by atoms with van der Waals surface area (Å²) in [4.78, 5) is 16.9. The van der Waals surface area contributed by atoms with Crippen LogP contribution in [0.5, 0.6) is 5.75 Å². The summed E-state index contributed by atoms with van der Waals surface area (Å²) in [5, 5.41) is 15.3. The van der Waals surface area contributed by atoms with Gasteiger partial charge in [0.05, 0.1) is 0 Å². The van der Waals surface area contributed by atoms with E-state index < -0.39 is 0 Å². The van der Waals surface area contributed by atoms with Gasteiger partial charge in [0.15, 0.2) is 5.13 Å². The normalized spacial score (nSPS) is 10.2. The summed E-state index contributed by atoms with van der Waals surface area (Å²) in [5.74, 6) is 0.245. The summed E-state index contributed by atoms with van der Waals surface area (Å²) >= 11 is 1.48. The molecule has 1 aromatic carbocycles. The molecule has 0 aliphatic rings. The first-order valence-corrected chi connectivity index (χ1v) is 7.26. The molecule has 0 saturated heterocycles. The number of nitrogens with one attached hydrogen (secondary N) is 2. The number of carbonyl (C=O) groups is 1. The smallest absolute Gasteiger partial charge is 0.321 e. The minimum absolute atomic E-state index is 0.245. The SMILES string of the molecule is CCc1cnc(NC(=O)NCCc2ccc(O)cc2)s1. The van der Waals surface area contributed by atoms with Crippen molar-refractivity contribution in [1.29, 1.82) is 0 Å². The van der Waals surface area contributed by atoms with Crippen LogP contribution in [0.2, 0.25) is 0 Å². The fourth-order valence-electron chi connectivity index (χ4n) is 1.65. The molecular weight excluding hydrogens is 274 g/mol. The lowest BCUT2D eigenvalue weighted by Crippen LogP contribution is -2.30. The maximum absolute atomic E-state index is 11.7. The summed E-state index contributed by atoms with van der Waals surface area (Å²) in [7, 11) is 0. The number of aromatic hydroxyl groups is 1. The standard InChI is InChI=1S/C14H17N3O2S/c1-2-12-9-16-14(20-12)17-13(19)15-8-7-10-3-5-11(18)6-4-10/h3-6,9,18H,2,7-8H2,1H3,(H2,15,16,17,19). The molecule has 20 heavy (non-hydrogen) atoms. The molecule has 2 amide bonds. The second-order valence-corrected chi connectivity index (χ2v) is 5.40. The molecule has 0 fully saturated rings. The van der Waals surface area contributed by atoms with Crippen LogP contribution in [0, 0.1) is 0 Å². The van der Waals surface area contributed by atoms with E-state index in [4.69, 9.17) is 0 Å². The zero-order valence-corrected chi connectivity index (χ0v) is 12.0. The van der Waals surface area contributed by atoms with Crippen molar-refractivity contribution in [3.63, 3.8) is 0 Å². The second-order valence-electron chi connectivity index (χ2n) is 4.28. The number of hydrogen-bond acceptors (Lipinski definition) is 4. The molecule has 1 aromatic heterocycles. The molecule has 0 atom stereocenters. The molecule has 0 spiro atoms. The molecule has 0 radical (unpaired) electrons. The van der Waals surface area contributed by atoms with Crippen molar-refractivity contribution >= 4 is 22.5 Å². The molecule has 0 aliphatic carbocycles. The quantitative estimate of drug-likeness (QED) is 0.793. The van der Waals surface area contributed by atoms with Crippen molar-refractivity contribution in [1.82, 2.24) is 10.3 Å². The topological polar surface area (TPSA) is 74.2 Å². The van der Waals surface area contributed by atoms with Gasteiger partial charge >= 0.3 is 6.03 Å². The van der Waals surface area contributed by atoms with Gasteiger partial charge in [0.2, 0.25) is 0 Å². The number of rotatable bonds is 5. The Hall–Kier alpha value is -2.08. The van der Waals surface area contributed by atoms with Gasteiger partial charge in [-0.2, -0.15) is 0 Å². The largest absolute Gasteiger partial charge is 0.508 e. The maximum Gasteiger partial charge on any atom is 0.321 e. The van der Waals surface area contributed by atoms with Crippen molar-refractivity contribution < 1.29 is 9.90 Å². The van der Waals surface area contributed by atoms with Gasteiger partial charge in [0.25, 0.3) is 0 Å². The molecule has 0 bridgehead atoms. The van der Waals surface area contributed by atoms with Gasteiger partial charge in [-0.25, -0.2) is 9.78 Å². The van der Waals surface area contributed by atoms with Gasteiger partial charge in [-0.05, 0) is 30.5 Å². The van der Waals surface area contributed by atoms with E-state index in [1.165, 1.54) is 11.3 Å². The van der Waals surface area contributed by atoms with Crippen LogP contribution in [-0.2, 0) is 12.8 Å². The monoisotopic (exact) mass is 291 g/mol. The summed E-state index contributed by atoms with van der Waals surface area (Å²) in [6, 6.07) is 6.70. The van der Waals surface area contributed by atoms with Crippen LogP contribution >= 0.6 is 11.3 Å². The van der Waals surface area contributed by atoms with Gasteiger partial charge in [0.1, 0.15) is 5.75 Å². The van der Waals surface area contributed by atoms with Crippen molar-refractivity contribution in [3.8, 4) is 5.75 Å². The average Bonchev–Trinajstić information content (AvgIpc) is 2.88. The second kappa shape index (κ2) is 6.91. The van der Waals surface area contributed by atoms with Gasteiger partial charge in [-0.15, -0.1) is 11.3 Å². The van der Waals surface area contributed by atoms with E-state index >= 15 is 0 Å². The van der Waals surface area contributed by atoms with Crippen LogP contribution in [0.3, 0.4) is 0 Å². The van der Waals surface area contributed by atoms with Gasteiger partial charge < -0.3 is 10.4 Å². The number of phenols is 1. The number of phenolic OH excluding ortho intramolecular Hbond substituents is 1. The fraction of sp³-hybridized carbons (Fsp3) is 0.286. The Labute approximate surface area is 121 Å². The summed E-state index contributed by atoms with van der Waals surface area (Å²) in [5.41, 5.74) is 1.06. The first-order chi connectivity index (χ1) is 9.67. The van der Waals surface area contributed by atoms with Crippen LogP contribution in [0.15, 0.2) is 30.5 Å². The molecule has 0 aliphatic heterocycles. The van der Waals surface area contributed by atoms with Gasteiger partial charge in [0, 0.05) is 17.6 Å². The number of anilines is 1. The lowest BCUT2D eigenvalue weighted by atomic mass is 10.1.